The first kappa shape index (κ1) is 10.4. The summed E-state index contributed by atoms with van der Waals surface area (Å²) in [5.74, 6) is -0.0176. The van der Waals surface area contributed by atoms with E-state index in [-0.39, 0.29) is 5.78 Å². The fourth-order valence-electron chi connectivity index (χ4n) is 0.762. The molecular formula is C9H7BrClNO. The predicted octanol–water partition coefficient (Wildman–Crippen LogP) is 3.10. The average molecular weight is 261 g/mol. The molecule has 0 saturated carbocycles. The predicted molar refractivity (Wildman–Crippen MR) is 56.7 cm³/mol. The molecule has 0 N–H and O–H groups in total. The summed E-state index contributed by atoms with van der Waals surface area (Å²) in [7, 11) is 0. The summed E-state index contributed by atoms with van der Waals surface area (Å²) in [6, 6.07) is 1.80. The number of allylic oxidation sites excluding steroid dienone is 1. The van der Waals surface area contributed by atoms with Crippen LogP contribution in [0.3, 0.4) is 0 Å². The van der Waals surface area contributed by atoms with Crippen LogP contribution >= 0.6 is 27.5 Å². The van der Waals surface area contributed by atoms with E-state index in [1.165, 1.54) is 13.0 Å². The molecule has 4 heteroatoms. The maximum absolute atomic E-state index is 10.7. The first-order valence-electron chi connectivity index (χ1n) is 3.59. The minimum Gasteiger partial charge on any atom is -0.295 e. The zero-order chi connectivity index (χ0) is 9.84. The quantitative estimate of drug-likeness (QED) is 0.604. The summed E-state index contributed by atoms with van der Waals surface area (Å²) in [4.78, 5) is 14.6. The molecule has 0 unspecified atom stereocenters. The van der Waals surface area contributed by atoms with E-state index in [0.717, 1.165) is 10.0 Å². The highest BCUT2D eigenvalue weighted by Gasteiger charge is 1.98. The Labute approximate surface area is 89.8 Å². The van der Waals surface area contributed by atoms with E-state index in [9.17, 15) is 4.79 Å². The lowest BCUT2D eigenvalue weighted by molar-refractivity contribution is -0.112. The van der Waals surface area contributed by atoms with Crippen LogP contribution in [0.4, 0.5) is 0 Å². The molecular weight excluding hydrogens is 253 g/mol. The van der Waals surface area contributed by atoms with Gasteiger partial charge in [-0.1, -0.05) is 11.6 Å². The van der Waals surface area contributed by atoms with Crippen LogP contribution in [-0.4, -0.2) is 10.8 Å². The third-order valence-electron chi connectivity index (χ3n) is 1.33. The van der Waals surface area contributed by atoms with Gasteiger partial charge in [0.05, 0.1) is 0 Å². The highest BCUT2D eigenvalue weighted by atomic mass is 79.9. The minimum atomic E-state index is -0.0176. The average Bonchev–Trinajstić information content (AvgIpc) is 2.06. The Balaban J connectivity index is 3.00. The molecule has 0 aliphatic heterocycles. The molecule has 1 heterocycles. The number of carbonyl (C=O) groups is 1. The van der Waals surface area contributed by atoms with Gasteiger partial charge in [-0.3, -0.25) is 4.79 Å². The van der Waals surface area contributed by atoms with Crippen LogP contribution in [0.15, 0.2) is 22.8 Å². The number of nitrogens with zero attached hydrogens (tertiary/aromatic N) is 1. The minimum absolute atomic E-state index is 0.0176. The number of pyridine rings is 1. The van der Waals surface area contributed by atoms with Gasteiger partial charge in [0.1, 0.15) is 5.15 Å². The molecule has 0 radical (unpaired) electrons. The van der Waals surface area contributed by atoms with Crippen LogP contribution in [-0.2, 0) is 4.79 Å². The Hall–Kier alpha value is -0.670. The molecule has 0 bridgehead atoms. The van der Waals surface area contributed by atoms with Crippen LogP contribution in [0, 0.1) is 0 Å². The molecule has 1 rings (SSSR count). The van der Waals surface area contributed by atoms with E-state index in [1.54, 1.807) is 18.3 Å². The van der Waals surface area contributed by atoms with Gasteiger partial charge in [-0.05, 0) is 41.1 Å². The topological polar surface area (TPSA) is 30.0 Å². The second kappa shape index (κ2) is 4.53. The Morgan fingerprint density at radius 1 is 1.69 bits per heavy atom. The summed E-state index contributed by atoms with van der Waals surface area (Å²) in [6.45, 7) is 1.48. The van der Waals surface area contributed by atoms with Gasteiger partial charge in [-0.2, -0.15) is 0 Å². The standard InChI is InChI=1S/C9H7BrClNO/c1-6(13)2-3-7-4-8(10)5-12-9(7)11/h2-5H,1H3/b3-2+. The summed E-state index contributed by atoms with van der Waals surface area (Å²) in [5, 5.41) is 0.390. The molecule has 1 aromatic rings. The lowest BCUT2D eigenvalue weighted by Crippen LogP contribution is -1.83. The Bertz CT molecular complexity index is 363. The van der Waals surface area contributed by atoms with Crippen molar-refractivity contribution in [3.63, 3.8) is 0 Å². The highest BCUT2D eigenvalue weighted by Crippen LogP contribution is 2.19. The largest absolute Gasteiger partial charge is 0.295 e. The Morgan fingerprint density at radius 3 is 3.00 bits per heavy atom. The molecule has 0 atom stereocenters. The van der Waals surface area contributed by atoms with E-state index in [4.69, 9.17) is 11.6 Å². The summed E-state index contributed by atoms with van der Waals surface area (Å²) < 4.78 is 0.833. The van der Waals surface area contributed by atoms with Crippen LogP contribution < -0.4 is 0 Å². The van der Waals surface area contributed by atoms with Crippen LogP contribution in [0.1, 0.15) is 12.5 Å². The molecule has 13 heavy (non-hydrogen) atoms. The summed E-state index contributed by atoms with van der Waals surface area (Å²) in [5.41, 5.74) is 0.728. The van der Waals surface area contributed by atoms with Gasteiger partial charge in [0.25, 0.3) is 0 Å². The van der Waals surface area contributed by atoms with E-state index in [2.05, 4.69) is 20.9 Å². The molecule has 0 amide bonds. The van der Waals surface area contributed by atoms with Crippen molar-refractivity contribution in [2.75, 3.05) is 0 Å². The van der Waals surface area contributed by atoms with E-state index in [1.807, 2.05) is 0 Å². The lowest BCUT2D eigenvalue weighted by Gasteiger charge is -1.96. The molecule has 2 nitrogen and oxygen atoms in total. The van der Waals surface area contributed by atoms with Crippen molar-refractivity contribution < 1.29 is 4.79 Å². The number of halogens is 2. The van der Waals surface area contributed by atoms with Gasteiger partial charge in [0, 0.05) is 16.2 Å². The lowest BCUT2D eigenvalue weighted by atomic mass is 10.2. The van der Waals surface area contributed by atoms with Crippen LogP contribution in [0.5, 0.6) is 0 Å². The molecule has 0 aliphatic rings. The number of carbonyl (C=O) groups excluding carboxylic acids is 1. The Kier molecular flexibility index (Phi) is 3.63. The third kappa shape index (κ3) is 3.28. The monoisotopic (exact) mass is 259 g/mol. The molecule has 0 aromatic carbocycles. The number of hydrogen-bond acceptors (Lipinski definition) is 2. The second-order valence-corrected chi connectivity index (χ2v) is 3.75. The molecule has 68 valence electrons. The maximum atomic E-state index is 10.7. The van der Waals surface area contributed by atoms with Crippen LogP contribution in [0.2, 0.25) is 5.15 Å². The fourth-order valence-corrected chi connectivity index (χ4v) is 1.28. The van der Waals surface area contributed by atoms with Gasteiger partial charge < -0.3 is 0 Å². The van der Waals surface area contributed by atoms with Crippen molar-refractivity contribution in [2.45, 2.75) is 6.92 Å². The normalized spacial score (nSPS) is 10.7. The van der Waals surface area contributed by atoms with Crippen molar-refractivity contribution in [3.8, 4) is 0 Å². The van der Waals surface area contributed by atoms with Crippen LogP contribution in [0.25, 0.3) is 6.08 Å². The summed E-state index contributed by atoms with van der Waals surface area (Å²) in [6.07, 6.45) is 4.70. The smallest absolute Gasteiger partial charge is 0.152 e. The number of hydrogen-bond donors (Lipinski definition) is 0. The van der Waals surface area contributed by atoms with E-state index >= 15 is 0 Å². The second-order valence-electron chi connectivity index (χ2n) is 2.48. The molecule has 0 aliphatic carbocycles. The SMILES string of the molecule is CC(=O)/C=C/c1cc(Br)cnc1Cl. The molecule has 0 saturated heterocycles. The van der Waals surface area contributed by atoms with Gasteiger partial charge in [0.15, 0.2) is 5.78 Å². The Morgan fingerprint density at radius 2 is 2.38 bits per heavy atom. The van der Waals surface area contributed by atoms with Crippen molar-refractivity contribution in [3.05, 3.63) is 33.5 Å². The van der Waals surface area contributed by atoms with Gasteiger partial charge >= 0.3 is 0 Å². The van der Waals surface area contributed by atoms with Crippen molar-refractivity contribution >= 4 is 39.4 Å². The van der Waals surface area contributed by atoms with Crippen molar-refractivity contribution in [1.29, 1.82) is 0 Å². The summed E-state index contributed by atoms with van der Waals surface area (Å²) >= 11 is 9.05. The highest BCUT2D eigenvalue weighted by molar-refractivity contribution is 9.10. The number of aromatic nitrogens is 1. The molecule has 0 fully saturated rings. The zero-order valence-electron chi connectivity index (χ0n) is 6.92. The van der Waals surface area contributed by atoms with Crippen molar-refractivity contribution in [1.82, 2.24) is 4.98 Å². The first-order valence-corrected chi connectivity index (χ1v) is 4.76. The third-order valence-corrected chi connectivity index (χ3v) is 2.08. The first-order chi connectivity index (χ1) is 6.09. The van der Waals surface area contributed by atoms with Gasteiger partial charge in [-0.15, -0.1) is 0 Å². The molecule has 0 spiro atoms. The zero-order valence-corrected chi connectivity index (χ0v) is 9.26. The fraction of sp³-hybridized carbons (Fsp3) is 0.111. The van der Waals surface area contributed by atoms with Gasteiger partial charge in [0.2, 0.25) is 0 Å². The van der Waals surface area contributed by atoms with E-state index in [0.29, 0.717) is 5.15 Å². The van der Waals surface area contributed by atoms with Crippen molar-refractivity contribution in [2.24, 2.45) is 0 Å². The number of ketones is 1. The van der Waals surface area contributed by atoms with E-state index < -0.39 is 0 Å². The number of rotatable bonds is 2. The van der Waals surface area contributed by atoms with Gasteiger partial charge in [-0.25, -0.2) is 4.98 Å². The maximum Gasteiger partial charge on any atom is 0.152 e. The molecule has 1 aromatic heterocycles.